The Kier molecular flexibility index (Phi) is 3.85. The van der Waals surface area contributed by atoms with Crippen LogP contribution in [-0.2, 0) is 0 Å². The molecule has 0 aliphatic rings. The van der Waals surface area contributed by atoms with Crippen LogP contribution in [0.4, 0.5) is 11.4 Å². The van der Waals surface area contributed by atoms with Crippen LogP contribution in [0.25, 0.3) is 0 Å². The first-order valence-electron chi connectivity index (χ1n) is 5.37. The molecule has 0 aliphatic carbocycles. The van der Waals surface area contributed by atoms with Crippen LogP contribution in [-0.4, -0.2) is 15.0 Å². The third kappa shape index (κ3) is 2.86. The number of hydrogen-bond donors (Lipinski definition) is 1. The number of non-ortho nitro benzene ring substituents is 1. The average Bonchev–Trinajstić information content (AvgIpc) is 2.41. The second-order valence-corrected chi connectivity index (χ2v) is 4.82. The summed E-state index contributed by atoms with van der Waals surface area (Å²) in [4.78, 5) is 20.9. The Bertz CT molecular complexity index is 689. The fourth-order valence-electron chi connectivity index (χ4n) is 1.51. The van der Waals surface area contributed by atoms with Crippen LogP contribution in [0.15, 0.2) is 52.3 Å². The van der Waals surface area contributed by atoms with Crippen molar-refractivity contribution in [1.82, 2.24) is 0 Å². The van der Waals surface area contributed by atoms with E-state index in [4.69, 9.17) is 0 Å². The molecule has 7 nitrogen and oxygen atoms in total. The highest BCUT2D eigenvalue weighted by Crippen LogP contribution is 2.39. The van der Waals surface area contributed by atoms with Gasteiger partial charge in [-0.05, 0) is 18.2 Å². The Balaban J connectivity index is 2.44. The highest BCUT2D eigenvalue weighted by molar-refractivity contribution is 7.99. The van der Waals surface area contributed by atoms with Gasteiger partial charge in [0, 0.05) is 6.07 Å². The minimum Gasteiger partial charge on any atom is -0.507 e. The van der Waals surface area contributed by atoms with E-state index >= 15 is 0 Å². The molecule has 2 rings (SSSR count). The number of hydrogen-bond acceptors (Lipinski definition) is 6. The van der Waals surface area contributed by atoms with E-state index in [1.54, 1.807) is 18.2 Å². The molecule has 0 spiro atoms. The van der Waals surface area contributed by atoms with Gasteiger partial charge in [0.25, 0.3) is 11.4 Å². The van der Waals surface area contributed by atoms with E-state index in [2.05, 4.69) is 0 Å². The third-order valence-corrected chi connectivity index (χ3v) is 3.57. The van der Waals surface area contributed by atoms with E-state index in [-0.39, 0.29) is 22.0 Å². The Labute approximate surface area is 117 Å². The zero-order valence-corrected chi connectivity index (χ0v) is 10.7. The Hall–Kier alpha value is -2.61. The molecule has 0 aromatic heterocycles. The number of phenolic OH excluding ortho intramolecular Hbond substituents is 1. The van der Waals surface area contributed by atoms with Crippen molar-refractivity contribution >= 4 is 23.1 Å². The van der Waals surface area contributed by atoms with E-state index < -0.39 is 9.85 Å². The number of rotatable bonds is 4. The summed E-state index contributed by atoms with van der Waals surface area (Å²) in [6.07, 6.45) is 0. The monoisotopic (exact) mass is 292 g/mol. The van der Waals surface area contributed by atoms with Crippen molar-refractivity contribution in [2.75, 3.05) is 0 Å². The first kappa shape index (κ1) is 13.8. The molecule has 102 valence electrons. The summed E-state index contributed by atoms with van der Waals surface area (Å²) in [5, 5.41) is 31.3. The number of phenols is 1. The van der Waals surface area contributed by atoms with E-state index in [0.29, 0.717) is 4.90 Å². The zero-order chi connectivity index (χ0) is 14.7. The summed E-state index contributed by atoms with van der Waals surface area (Å²) in [7, 11) is 0. The molecule has 0 unspecified atom stereocenters. The van der Waals surface area contributed by atoms with Gasteiger partial charge in [-0.2, -0.15) is 0 Å². The second-order valence-electron chi connectivity index (χ2n) is 3.74. The largest absolute Gasteiger partial charge is 0.507 e. The van der Waals surface area contributed by atoms with Crippen molar-refractivity contribution in [3.05, 3.63) is 62.7 Å². The summed E-state index contributed by atoms with van der Waals surface area (Å²) >= 11 is 0.975. The van der Waals surface area contributed by atoms with Crippen LogP contribution in [0, 0.1) is 20.2 Å². The summed E-state index contributed by atoms with van der Waals surface area (Å²) in [6.45, 7) is 0. The van der Waals surface area contributed by atoms with E-state index in [1.165, 1.54) is 18.2 Å². The minimum absolute atomic E-state index is 0.00912. The topological polar surface area (TPSA) is 107 Å². The summed E-state index contributed by atoms with van der Waals surface area (Å²) in [6, 6.07) is 9.76. The molecule has 0 atom stereocenters. The van der Waals surface area contributed by atoms with Gasteiger partial charge in [0.1, 0.15) is 5.75 Å². The van der Waals surface area contributed by atoms with Crippen molar-refractivity contribution in [1.29, 1.82) is 0 Å². The van der Waals surface area contributed by atoms with Crippen LogP contribution in [0.3, 0.4) is 0 Å². The van der Waals surface area contributed by atoms with Gasteiger partial charge in [-0.25, -0.2) is 0 Å². The lowest BCUT2D eigenvalue weighted by Gasteiger charge is -2.04. The lowest BCUT2D eigenvalue weighted by atomic mass is 10.3. The summed E-state index contributed by atoms with van der Waals surface area (Å²) in [5.41, 5.74) is -0.717. The van der Waals surface area contributed by atoms with Gasteiger partial charge in [-0.15, -0.1) is 0 Å². The molecule has 8 heteroatoms. The third-order valence-electron chi connectivity index (χ3n) is 2.44. The number of benzene rings is 2. The first-order valence-corrected chi connectivity index (χ1v) is 6.19. The predicted molar refractivity (Wildman–Crippen MR) is 72.0 cm³/mol. The van der Waals surface area contributed by atoms with Gasteiger partial charge < -0.3 is 5.11 Å². The van der Waals surface area contributed by atoms with Gasteiger partial charge >= 0.3 is 0 Å². The zero-order valence-electron chi connectivity index (χ0n) is 9.92. The van der Waals surface area contributed by atoms with Crippen molar-refractivity contribution in [3.8, 4) is 5.75 Å². The van der Waals surface area contributed by atoms with Crippen molar-refractivity contribution < 1.29 is 15.0 Å². The number of nitrogens with zero attached hydrogens (tertiary/aromatic N) is 2. The lowest BCUT2D eigenvalue weighted by molar-refractivity contribution is -0.396. The van der Waals surface area contributed by atoms with Crippen molar-refractivity contribution in [2.24, 2.45) is 0 Å². The van der Waals surface area contributed by atoms with E-state index in [9.17, 15) is 25.3 Å². The number of nitro benzene ring substituents is 2. The number of nitro groups is 2. The molecule has 0 heterocycles. The van der Waals surface area contributed by atoms with Gasteiger partial charge in [-0.1, -0.05) is 23.9 Å². The van der Waals surface area contributed by atoms with Gasteiger partial charge in [0.15, 0.2) is 0 Å². The molecular formula is C12H8N2O5S. The predicted octanol–water partition coefficient (Wildman–Crippen LogP) is 3.36. The van der Waals surface area contributed by atoms with Crippen LogP contribution in [0.5, 0.6) is 5.75 Å². The Morgan fingerprint density at radius 1 is 0.950 bits per heavy atom. The second kappa shape index (κ2) is 5.57. The Morgan fingerprint density at radius 3 is 2.25 bits per heavy atom. The molecule has 0 fully saturated rings. The normalized spacial score (nSPS) is 10.2. The molecule has 0 aliphatic heterocycles. The highest BCUT2D eigenvalue weighted by Gasteiger charge is 2.20. The highest BCUT2D eigenvalue weighted by atomic mass is 32.2. The van der Waals surface area contributed by atoms with Gasteiger partial charge in [-0.3, -0.25) is 20.2 Å². The molecule has 0 saturated carbocycles. The van der Waals surface area contributed by atoms with Crippen molar-refractivity contribution in [3.63, 3.8) is 0 Å². The molecule has 0 saturated heterocycles. The summed E-state index contributed by atoms with van der Waals surface area (Å²) in [5.74, 6) is -0.00912. The lowest BCUT2D eigenvalue weighted by Crippen LogP contribution is -1.94. The fourth-order valence-corrected chi connectivity index (χ4v) is 2.44. The van der Waals surface area contributed by atoms with Crippen molar-refractivity contribution in [2.45, 2.75) is 9.79 Å². The van der Waals surface area contributed by atoms with E-state index in [0.717, 1.165) is 17.8 Å². The van der Waals surface area contributed by atoms with Crippen LogP contribution >= 0.6 is 11.8 Å². The maximum absolute atomic E-state index is 11.0. The average molecular weight is 292 g/mol. The quantitative estimate of drug-likeness (QED) is 0.684. The molecule has 0 amide bonds. The molecule has 1 N–H and O–H groups in total. The molecule has 2 aromatic rings. The molecule has 20 heavy (non-hydrogen) atoms. The minimum atomic E-state index is -0.693. The number of aromatic hydroxyl groups is 1. The molecule has 0 radical (unpaired) electrons. The molecular weight excluding hydrogens is 284 g/mol. The summed E-state index contributed by atoms with van der Waals surface area (Å²) < 4.78 is 0. The maximum Gasteiger partial charge on any atom is 0.290 e. The van der Waals surface area contributed by atoms with E-state index in [1.807, 2.05) is 0 Å². The first-order chi connectivity index (χ1) is 9.49. The fraction of sp³-hybridized carbons (Fsp3) is 0. The maximum atomic E-state index is 11.0. The standard InChI is InChI=1S/C12H8N2O5S/c15-10-3-1-2-4-12(10)20-11-6-5-8(13(16)17)7-9(11)14(18)19/h1-7,15H. The molecule has 0 bridgehead atoms. The Morgan fingerprint density at radius 2 is 1.65 bits per heavy atom. The van der Waals surface area contributed by atoms with Gasteiger partial charge in [0.2, 0.25) is 0 Å². The van der Waals surface area contributed by atoms with Crippen LogP contribution in [0.2, 0.25) is 0 Å². The van der Waals surface area contributed by atoms with Crippen LogP contribution < -0.4 is 0 Å². The van der Waals surface area contributed by atoms with Crippen LogP contribution in [0.1, 0.15) is 0 Å². The molecule has 2 aromatic carbocycles. The van der Waals surface area contributed by atoms with Gasteiger partial charge in [0.05, 0.1) is 25.7 Å². The number of para-hydroxylation sites is 1. The smallest absolute Gasteiger partial charge is 0.290 e. The SMILES string of the molecule is O=[N+]([O-])c1ccc(Sc2ccccc2O)c([N+](=O)[O-])c1.